The van der Waals surface area contributed by atoms with Crippen molar-refractivity contribution in [1.82, 2.24) is 0 Å². The number of nitrogens with two attached hydrogens (primary N) is 1. The van der Waals surface area contributed by atoms with Crippen molar-refractivity contribution in [3.8, 4) is 0 Å². The van der Waals surface area contributed by atoms with Crippen LogP contribution in [0.25, 0.3) is 0 Å². The molecule has 3 heteroatoms. The van der Waals surface area contributed by atoms with E-state index in [-0.39, 0.29) is 12.5 Å². The summed E-state index contributed by atoms with van der Waals surface area (Å²) in [5.41, 5.74) is 5.47. The van der Waals surface area contributed by atoms with E-state index >= 15 is 0 Å². The summed E-state index contributed by atoms with van der Waals surface area (Å²) in [6.07, 6.45) is 0.823. The lowest BCUT2D eigenvalue weighted by Gasteiger charge is -2.02. The van der Waals surface area contributed by atoms with Crippen molar-refractivity contribution in [1.29, 1.82) is 0 Å². The summed E-state index contributed by atoms with van der Waals surface area (Å²) in [6.45, 7) is 5.97. The van der Waals surface area contributed by atoms with Crippen LogP contribution in [0.1, 0.15) is 13.3 Å². The zero-order valence-electron chi connectivity index (χ0n) is 6.22. The van der Waals surface area contributed by atoms with Crippen molar-refractivity contribution in [2.24, 2.45) is 5.73 Å². The minimum Gasteiger partial charge on any atom is -0.462 e. The Labute approximate surface area is 60.9 Å². The van der Waals surface area contributed by atoms with Crippen LogP contribution in [-0.4, -0.2) is 19.1 Å². The molecule has 0 amide bonds. The van der Waals surface area contributed by atoms with Crippen LogP contribution in [0.4, 0.5) is 0 Å². The lowest BCUT2D eigenvalue weighted by atomic mass is 10.3. The van der Waals surface area contributed by atoms with Gasteiger partial charge in [-0.25, -0.2) is 4.79 Å². The highest BCUT2D eigenvalue weighted by Gasteiger charge is 2.03. The van der Waals surface area contributed by atoms with Crippen LogP contribution in [0, 0.1) is 0 Å². The number of ether oxygens (including phenoxy) is 1. The summed E-state index contributed by atoms with van der Waals surface area (Å²) in [6, 6.07) is 0. The summed E-state index contributed by atoms with van der Waals surface area (Å²) in [5, 5.41) is 0. The molecule has 0 fully saturated rings. The standard InChI is InChI=1S/C7H13NO2/c1-3-4-10-7(9)6(2)5-8/h2-5,8H2,1H3. The summed E-state index contributed by atoms with van der Waals surface area (Å²) in [4.78, 5) is 10.7. The maximum Gasteiger partial charge on any atom is 0.334 e. The monoisotopic (exact) mass is 143 g/mol. The molecule has 0 saturated heterocycles. The molecule has 0 bridgehead atoms. The molecule has 2 N–H and O–H groups in total. The van der Waals surface area contributed by atoms with Crippen molar-refractivity contribution >= 4 is 5.97 Å². The molecular weight excluding hydrogens is 130 g/mol. The molecule has 0 aromatic heterocycles. The van der Waals surface area contributed by atoms with Gasteiger partial charge in [0.15, 0.2) is 0 Å². The van der Waals surface area contributed by atoms with Crippen molar-refractivity contribution < 1.29 is 9.53 Å². The number of carbonyl (C=O) groups is 1. The average molecular weight is 143 g/mol. The van der Waals surface area contributed by atoms with Crippen LogP contribution in [0.15, 0.2) is 12.2 Å². The predicted molar refractivity (Wildman–Crippen MR) is 39.4 cm³/mol. The van der Waals surface area contributed by atoms with E-state index in [2.05, 4.69) is 6.58 Å². The molecule has 0 heterocycles. The van der Waals surface area contributed by atoms with Gasteiger partial charge in [-0.1, -0.05) is 13.5 Å². The lowest BCUT2D eigenvalue weighted by molar-refractivity contribution is -0.139. The van der Waals surface area contributed by atoms with E-state index in [9.17, 15) is 4.79 Å². The Bertz CT molecular complexity index is 132. The Kier molecular flexibility index (Phi) is 4.58. The van der Waals surface area contributed by atoms with E-state index in [1.54, 1.807) is 0 Å². The van der Waals surface area contributed by atoms with Crippen LogP contribution in [0.3, 0.4) is 0 Å². The Morgan fingerprint density at radius 1 is 1.70 bits per heavy atom. The molecule has 0 atom stereocenters. The van der Waals surface area contributed by atoms with Gasteiger partial charge in [0.1, 0.15) is 0 Å². The van der Waals surface area contributed by atoms with E-state index in [0.717, 1.165) is 6.42 Å². The van der Waals surface area contributed by atoms with Gasteiger partial charge >= 0.3 is 5.97 Å². The highest BCUT2D eigenvalue weighted by atomic mass is 16.5. The fourth-order valence-corrected chi connectivity index (χ4v) is 0.380. The first-order chi connectivity index (χ1) is 4.72. The van der Waals surface area contributed by atoms with Crippen molar-refractivity contribution in [3.05, 3.63) is 12.2 Å². The topological polar surface area (TPSA) is 52.3 Å². The van der Waals surface area contributed by atoms with Gasteiger partial charge in [0.2, 0.25) is 0 Å². The van der Waals surface area contributed by atoms with Gasteiger partial charge in [0.25, 0.3) is 0 Å². The quantitative estimate of drug-likeness (QED) is 0.459. The first-order valence-corrected chi connectivity index (χ1v) is 3.27. The van der Waals surface area contributed by atoms with E-state index in [0.29, 0.717) is 12.2 Å². The molecular formula is C7H13NO2. The van der Waals surface area contributed by atoms with Crippen molar-refractivity contribution in [2.45, 2.75) is 13.3 Å². The summed E-state index contributed by atoms with van der Waals surface area (Å²) < 4.78 is 4.73. The van der Waals surface area contributed by atoms with Crippen molar-refractivity contribution in [2.75, 3.05) is 13.2 Å². The van der Waals surface area contributed by atoms with Crippen LogP contribution in [0.5, 0.6) is 0 Å². The van der Waals surface area contributed by atoms with E-state index in [1.165, 1.54) is 0 Å². The molecule has 0 aliphatic carbocycles. The minimum atomic E-state index is -0.385. The number of hydrogen-bond donors (Lipinski definition) is 1. The number of esters is 1. The molecule has 0 aromatic carbocycles. The molecule has 10 heavy (non-hydrogen) atoms. The van der Waals surface area contributed by atoms with Crippen LogP contribution in [-0.2, 0) is 9.53 Å². The lowest BCUT2D eigenvalue weighted by Crippen LogP contribution is -2.14. The average Bonchev–Trinajstić information content (AvgIpc) is 1.98. The second kappa shape index (κ2) is 4.99. The SMILES string of the molecule is C=C(CN)C(=O)OCCC. The maximum atomic E-state index is 10.7. The van der Waals surface area contributed by atoms with E-state index in [4.69, 9.17) is 10.5 Å². The third-order valence-corrected chi connectivity index (χ3v) is 0.972. The molecule has 0 rings (SSSR count). The fourth-order valence-electron chi connectivity index (χ4n) is 0.380. The third kappa shape index (κ3) is 3.25. The Balaban J connectivity index is 3.52. The van der Waals surface area contributed by atoms with Crippen LogP contribution < -0.4 is 5.73 Å². The first-order valence-electron chi connectivity index (χ1n) is 3.27. The normalized spacial score (nSPS) is 9.00. The fraction of sp³-hybridized carbons (Fsp3) is 0.571. The Hall–Kier alpha value is -0.830. The molecule has 0 aromatic rings. The molecule has 0 radical (unpaired) electrons. The van der Waals surface area contributed by atoms with Gasteiger partial charge in [0, 0.05) is 12.1 Å². The number of carbonyl (C=O) groups excluding carboxylic acids is 1. The molecule has 0 unspecified atom stereocenters. The van der Waals surface area contributed by atoms with Crippen molar-refractivity contribution in [3.63, 3.8) is 0 Å². The Morgan fingerprint density at radius 2 is 2.30 bits per heavy atom. The number of hydrogen-bond acceptors (Lipinski definition) is 3. The number of rotatable bonds is 4. The molecule has 58 valence electrons. The summed E-state index contributed by atoms with van der Waals surface area (Å²) in [5.74, 6) is -0.385. The molecule has 3 nitrogen and oxygen atoms in total. The summed E-state index contributed by atoms with van der Waals surface area (Å²) in [7, 11) is 0. The van der Waals surface area contributed by atoms with Gasteiger partial charge in [0.05, 0.1) is 6.61 Å². The Morgan fingerprint density at radius 3 is 2.70 bits per heavy atom. The molecule has 0 saturated carbocycles. The minimum absolute atomic E-state index is 0.169. The molecule has 0 aliphatic rings. The van der Waals surface area contributed by atoms with Gasteiger partial charge < -0.3 is 10.5 Å². The van der Waals surface area contributed by atoms with Gasteiger partial charge in [-0.05, 0) is 6.42 Å². The zero-order valence-corrected chi connectivity index (χ0v) is 6.22. The molecule has 0 aliphatic heterocycles. The predicted octanol–water partition coefficient (Wildman–Crippen LogP) is 0.454. The third-order valence-electron chi connectivity index (χ3n) is 0.972. The van der Waals surface area contributed by atoms with Gasteiger partial charge in [-0.2, -0.15) is 0 Å². The van der Waals surface area contributed by atoms with Gasteiger partial charge in [-0.3, -0.25) is 0 Å². The smallest absolute Gasteiger partial charge is 0.334 e. The van der Waals surface area contributed by atoms with E-state index < -0.39 is 0 Å². The first kappa shape index (κ1) is 9.17. The highest BCUT2D eigenvalue weighted by molar-refractivity contribution is 5.88. The zero-order chi connectivity index (χ0) is 7.98. The highest BCUT2D eigenvalue weighted by Crippen LogP contribution is 1.91. The second-order valence-electron chi connectivity index (χ2n) is 1.94. The largest absolute Gasteiger partial charge is 0.462 e. The van der Waals surface area contributed by atoms with Crippen LogP contribution >= 0.6 is 0 Å². The summed E-state index contributed by atoms with van der Waals surface area (Å²) >= 11 is 0. The second-order valence-corrected chi connectivity index (χ2v) is 1.94. The van der Waals surface area contributed by atoms with Gasteiger partial charge in [-0.15, -0.1) is 0 Å². The maximum absolute atomic E-state index is 10.7. The van der Waals surface area contributed by atoms with Crippen LogP contribution in [0.2, 0.25) is 0 Å². The molecule has 0 spiro atoms. The van der Waals surface area contributed by atoms with E-state index in [1.807, 2.05) is 6.92 Å².